The summed E-state index contributed by atoms with van der Waals surface area (Å²) in [6.07, 6.45) is -0.983. The molecule has 1 aliphatic heterocycles. The van der Waals surface area contributed by atoms with E-state index >= 15 is 0 Å². The maximum Gasteiger partial charge on any atom is 0.349 e. The number of hydrogen-bond acceptors (Lipinski definition) is 5. The van der Waals surface area contributed by atoms with Gasteiger partial charge in [0.15, 0.2) is 6.10 Å². The van der Waals surface area contributed by atoms with Crippen molar-refractivity contribution in [2.45, 2.75) is 13.0 Å². The van der Waals surface area contributed by atoms with Crippen LogP contribution in [-0.4, -0.2) is 30.4 Å². The first-order valence-electron chi connectivity index (χ1n) is 7.01. The van der Waals surface area contributed by atoms with Gasteiger partial charge in [-0.1, -0.05) is 18.2 Å². The van der Waals surface area contributed by atoms with E-state index in [-0.39, 0.29) is 12.5 Å². The van der Waals surface area contributed by atoms with Crippen molar-refractivity contribution in [1.82, 2.24) is 0 Å². The Morgan fingerprint density at radius 2 is 2.04 bits per heavy atom. The Balaban J connectivity index is 1.77. The second-order valence-corrected chi connectivity index (χ2v) is 5.96. The van der Waals surface area contributed by atoms with Crippen molar-refractivity contribution in [3.63, 3.8) is 0 Å². The van der Waals surface area contributed by atoms with Gasteiger partial charge in [-0.05, 0) is 30.5 Å². The molecule has 0 aliphatic carbocycles. The lowest BCUT2D eigenvalue weighted by Gasteiger charge is -2.30. The zero-order valence-electron chi connectivity index (χ0n) is 12.3. The highest BCUT2D eigenvalue weighted by Crippen LogP contribution is 2.29. The second-order valence-electron chi connectivity index (χ2n) is 5.01. The van der Waals surface area contributed by atoms with Crippen molar-refractivity contribution in [3.05, 3.63) is 46.7 Å². The average Bonchev–Trinajstić information content (AvgIpc) is 3.07. The number of carbonyl (C=O) groups excluding carboxylic acids is 3. The molecule has 1 aliphatic rings. The summed E-state index contributed by atoms with van der Waals surface area (Å²) in [5.74, 6) is -1.26. The predicted molar refractivity (Wildman–Crippen MR) is 86.6 cm³/mol. The summed E-state index contributed by atoms with van der Waals surface area (Å²) in [5.41, 5.74) is 1.16. The summed E-state index contributed by atoms with van der Waals surface area (Å²) in [7, 11) is 0. The molecule has 118 valence electrons. The number of benzene rings is 1. The smallest absolute Gasteiger partial charge is 0.349 e. The lowest BCUT2D eigenvalue weighted by molar-refractivity contribution is -0.128. The summed E-state index contributed by atoms with van der Waals surface area (Å²) in [4.78, 5) is 38.1. The van der Waals surface area contributed by atoms with Crippen LogP contribution in [0.3, 0.4) is 0 Å². The SMILES string of the molecule is CC(OC(=O)c1cccs1)C(=O)N1CC(=O)Nc2ccccc21. The molecule has 0 saturated heterocycles. The maximum absolute atomic E-state index is 12.6. The van der Waals surface area contributed by atoms with Crippen molar-refractivity contribution in [2.75, 3.05) is 16.8 Å². The Labute approximate surface area is 136 Å². The van der Waals surface area contributed by atoms with Crippen molar-refractivity contribution >= 4 is 40.5 Å². The Bertz CT molecular complexity index is 757. The number of fused-ring (bicyclic) bond motifs is 1. The number of amides is 2. The second kappa shape index (κ2) is 6.21. The third-order valence-electron chi connectivity index (χ3n) is 3.39. The Morgan fingerprint density at radius 1 is 1.26 bits per heavy atom. The standard InChI is InChI=1S/C16H14N2O4S/c1-10(22-16(21)13-7-4-8-23-13)15(20)18-9-14(19)17-11-5-2-3-6-12(11)18/h2-8,10H,9H2,1H3,(H,17,19). The van der Waals surface area contributed by atoms with Gasteiger partial charge < -0.3 is 10.1 Å². The summed E-state index contributed by atoms with van der Waals surface area (Å²) >= 11 is 1.25. The molecule has 1 N–H and O–H groups in total. The van der Waals surface area contributed by atoms with Gasteiger partial charge in [0.1, 0.15) is 11.4 Å². The quantitative estimate of drug-likeness (QED) is 0.876. The van der Waals surface area contributed by atoms with Crippen molar-refractivity contribution in [3.8, 4) is 0 Å². The van der Waals surface area contributed by atoms with Gasteiger partial charge in [-0.25, -0.2) is 4.79 Å². The molecule has 6 nitrogen and oxygen atoms in total. The highest BCUT2D eigenvalue weighted by atomic mass is 32.1. The molecule has 7 heteroatoms. The van der Waals surface area contributed by atoms with Crippen LogP contribution in [0.15, 0.2) is 41.8 Å². The van der Waals surface area contributed by atoms with Gasteiger partial charge in [-0.2, -0.15) is 0 Å². The van der Waals surface area contributed by atoms with E-state index in [9.17, 15) is 14.4 Å². The average molecular weight is 330 g/mol. The van der Waals surface area contributed by atoms with Gasteiger partial charge in [-0.3, -0.25) is 14.5 Å². The lowest BCUT2D eigenvalue weighted by Crippen LogP contribution is -2.47. The Kier molecular flexibility index (Phi) is 4.12. The van der Waals surface area contributed by atoms with E-state index in [4.69, 9.17) is 4.74 Å². The molecular weight excluding hydrogens is 316 g/mol. The first kappa shape index (κ1) is 15.2. The highest BCUT2D eigenvalue weighted by molar-refractivity contribution is 7.11. The minimum atomic E-state index is -0.983. The number of esters is 1. The number of anilines is 2. The predicted octanol–water partition coefficient (Wildman–Crippen LogP) is 2.28. The van der Waals surface area contributed by atoms with Crippen LogP contribution in [0.5, 0.6) is 0 Å². The fourth-order valence-corrected chi connectivity index (χ4v) is 2.92. The zero-order valence-corrected chi connectivity index (χ0v) is 13.1. The molecule has 1 aromatic heterocycles. The molecule has 1 aromatic carbocycles. The number of thiophene rings is 1. The van der Waals surface area contributed by atoms with E-state index in [2.05, 4.69) is 5.32 Å². The zero-order chi connectivity index (χ0) is 16.4. The van der Waals surface area contributed by atoms with Crippen LogP contribution in [0.4, 0.5) is 11.4 Å². The first-order valence-corrected chi connectivity index (χ1v) is 7.89. The lowest BCUT2D eigenvalue weighted by atomic mass is 10.1. The molecule has 3 rings (SSSR count). The minimum Gasteiger partial charge on any atom is -0.448 e. The molecule has 2 aromatic rings. The van der Waals surface area contributed by atoms with Crippen LogP contribution in [0.25, 0.3) is 0 Å². The fourth-order valence-electron chi connectivity index (χ4n) is 2.31. The van der Waals surface area contributed by atoms with Crippen LogP contribution in [0, 0.1) is 0 Å². The Morgan fingerprint density at radius 3 is 2.78 bits per heavy atom. The summed E-state index contributed by atoms with van der Waals surface area (Å²) in [5, 5.41) is 4.47. The van der Waals surface area contributed by atoms with Gasteiger partial charge >= 0.3 is 5.97 Å². The third kappa shape index (κ3) is 3.09. The number of ether oxygens (including phenoxy) is 1. The molecule has 0 fully saturated rings. The number of nitrogens with one attached hydrogen (secondary N) is 1. The molecule has 0 saturated carbocycles. The van der Waals surface area contributed by atoms with E-state index in [1.165, 1.54) is 23.2 Å². The molecule has 23 heavy (non-hydrogen) atoms. The highest BCUT2D eigenvalue weighted by Gasteiger charge is 2.31. The van der Waals surface area contributed by atoms with Gasteiger partial charge in [0, 0.05) is 0 Å². The monoisotopic (exact) mass is 330 g/mol. The Hall–Kier alpha value is -2.67. The van der Waals surface area contributed by atoms with Gasteiger partial charge in [0.2, 0.25) is 5.91 Å². The molecule has 0 radical (unpaired) electrons. The normalized spacial score (nSPS) is 14.7. The van der Waals surface area contributed by atoms with Crippen molar-refractivity contribution in [1.29, 1.82) is 0 Å². The third-order valence-corrected chi connectivity index (χ3v) is 4.24. The molecule has 1 unspecified atom stereocenters. The molecule has 0 spiro atoms. The number of para-hydroxylation sites is 2. The molecule has 1 atom stereocenters. The van der Waals surface area contributed by atoms with Gasteiger partial charge in [-0.15, -0.1) is 11.3 Å². The van der Waals surface area contributed by atoms with Crippen LogP contribution in [-0.2, 0) is 14.3 Å². The molecule has 0 bridgehead atoms. The first-order chi connectivity index (χ1) is 11.1. The van der Waals surface area contributed by atoms with E-state index in [1.54, 1.807) is 41.8 Å². The number of nitrogens with zero attached hydrogens (tertiary/aromatic N) is 1. The largest absolute Gasteiger partial charge is 0.448 e. The molecule has 2 heterocycles. The number of rotatable bonds is 3. The van der Waals surface area contributed by atoms with Gasteiger partial charge in [0.05, 0.1) is 11.4 Å². The summed E-state index contributed by atoms with van der Waals surface area (Å²) in [6.45, 7) is 1.40. The van der Waals surface area contributed by atoms with Crippen LogP contribution < -0.4 is 10.2 Å². The molecule has 2 amide bonds. The van der Waals surface area contributed by atoms with E-state index in [0.29, 0.717) is 16.3 Å². The van der Waals surface area contributed by atoms with Crippen molar-refractivity contribution < 1.29 is 19.1 Å². The van der Waals surface area contributed by atoms with E-state index in [0.717, 1.165) is 0 Å². The van der Waals surface area contributed by atoms with E-state index in [1.807, 2.05) is 0 Å². The maximum atomic E-state index is 12.6. The summed E-state index contributed by atoms with van der Waals surface area (Å²) < 4.78 is 5.21. The summed E-state index contributed by atoms with van der Waals surface area (Å²) in [6, 6.07) is 10.4. The van der Waals surface area contributed by atoms with Crippen LogP contribution >= 0.6 is 11.3 Å². The van der Waals surface area contributed by atoms with E-state index < -0.39 is 18.0 Å². The van der Waals surface area contributed by atoms with Crippen molar-refractivity contribution in [2.24, 2.45) is 0 Å². The van der Waals surface area contributed by atoms with Crippen LogP contribution in [0.1, 0.15) is 16.6 Å². The number of carbonyl (C=O) groups is 3. The minimum absolute atomic E-state index is 0.100. The van der Waals surface area contributed by atoms with Crippen LogP contribution in [0.2, 0.25) is 0 Å². The topological polar surface area (TPSA) is 75.7 Å². The molecular formula is C16H14N2O4S. The van der Waals surface area contributed by atoms with Gasteiger partial charge in [0.25, 0.3) is 5.91 Å². The number of hydrogen-bond donors (Lipinski definition) is 1. The fraction of sp³-hybridized carbons (Fsp3) is 0.188.